The van der Waals surface area contributed by atoms with E-state index >= 15 is 0 Å². The van der Waals surface area contributed by atoms with Crippen LogP contribution >= 0.6 is 12.4 Å². The van der Waals surface area contributed by atoms with Crippen molar-refractivity contribution in [2.24, 2.45) is 11.7 Å². The van der Waals surface area contributed by atoms with Gasteiger partial charge in [-0.25, -0.2) is 0 Å². The van der Waals surface area contributed by atoms with Gasteiger partial charge in [-0.15, -0.1) is 12.4 Å². The first-order valence-electron chi connectivity index (χ1n) is 8.05. The minimum absolute atomic E-state index is 0. The van der Waals surface area contributed by atoms with Gasteiger partial charge in [0.2, 0.25) is 5.91 Å². The van der Waals surface area contributed by atoms with Crippen LogP contribution in [0.3, 0.4) is 0 Å². The average Bonchev–Trinajstić information content (AvgIpc) is 2.60. The van der Waals surface area contributed by atoms with Crippen LogP contribution in [0.2, 0.25) is 0 Å². The SMILES string of the molecule is COc1ccc(C(=O)N2CCOCC2)cc1NC(=O)C(C)C(C)N.Cl. The van der Waals surface area contributed by atoms with Crippen molar-refractivity contribution in [2.45, 2.75) is 19.9 Å². The number of nitrogens with zero attached hydrogens (tertiary/aromatic N) is 1. The fourth-order valence-corrected chi connectivity index (χ4v) is 2.37. The highest BCUT2D eigenvalue weighted by Crippen LogP contribution is 2.27. The highest BCUT2D eigenvalue weighted by Gasteiger charge is 2.22. The molecule has 1 aromatic rings. The number of rotatable bonds is 5. The van der Waals surface area contributed by atoms with Gasteiger partial charge >= 0.3 is 0 Å². The minimum Gasteiger partial charge on any atom is -0.495 e. The Morgan fingerprint density at radius 3 is 2.48 bits per heavy atom. The van der Waals surface area contributed by atoms with Gasteiger partial charge in [0.1, 0.15) is 5.75 Å². The molecule has 8 heteroatoms. The number of methoxy groups -OCH3 is 1. The van der Waals surface area contributed by atoms with Crippen LogP contribution in [0, 0.1) is 5.92 Å². The number of nitrogens with one attached hydrogen (secondary N) is 1. The van der Waals surface area contributed by atoms with Gasteiger partial charge in [-0.3, -0.25) is 9.59 Å². The minimum atomic E-state index is -0.353. The lowest BCUT2D eigenvalue weighted by Crippen LogP contribution is -2.40. The molecule has 0 aromatic heterocycles. The first-order valence-corrected chi connectivity index (χ1v) is 8.05. The van der Waals surface area contributed by atoms with E-state index in [-0.39, 0.29) is 36.2 Å². The summed E-state index contributed by atoms with van der Waals surface area (Å²) in [5, 5.41) is 2.80. The Balaban J connectivity index is 0.00000312. The van der Waals surface area contributed by atoms with Crippen LogP contribution in [0.4, 0.5) is 5.69 Å². The number of carbonyl (C=O) groups excluding carboxylic acids is 2. The summed E-state index contributed by atoms with van der Waals surface area (Å²) in [5.41, 5.74) is 6.74. The normalized spacial score (nSPS) is 16.4. The Morgan fingerprint density at radius 2 is 1.92 bits per heavy atom. The number of benzene rings is 1. The zero-order chi connectivity index (χ0) is 17.7. The number of carbonyl (C=O) groups is 2. The summed E-state index contributed by atoms with van der Waals surface area (Å²) in [4.78, 5) is 26.6. The second kappa shape index (κ2) is 9.60. The summed E-state index contributed by atoms with van der Waals surface area (Å²) < 4.78 is 10.5. The number of halogens is 1. The third-order valence-corrected chi connectivity index (χ3v) is 4.20. The molecule has 140 valence electrons. The Bertz CT molecular complexity index is 604. The maximum Gasteiger partial charge on any atom is 0.254 e. The lowest BCUT2D eigenvalue weighted by Gasteiger charge is -2.27. The van der Waals surface area contributed by atoms with Crippen LogP contribution in [0.5, 0.6) is 5.75 Å². The molecule has 1 saturated heterocycles. The third-order valence-electron chi connectivity index (χ3n) is 4.20. The first kappa shape index (κ1) is 21.2. The predicted molar refractivity (Wildman–Crippen MR) is 98.4 cm³/mol. The van der Waals surface area contributed by atoms with Crippen molar-refractivity contribution in [3.05, 3.63) is 23.8 Å². The number of anilines is 1. The molecule has 1 aliphatic rings. The van der Waals surface area contributed by atoms with Crippen LogP contribution in [0.15, 0.2) is 18.2 Å². The number of ether oxygens (including phenoxy) is 2. The van der Waals surface area contributed by atoms with Crippen molar-refractivity contribution in [3.63, 3.8) is 0 Å². The molecule has 3 N–H and O–H groups in total. The van der Waals surface area contributed by atoms with Gasteiger partial charge in [-0.05, 0) is 25.1 Å². The molecule has 0 spiro atoms. The summed E-state index contributed by atoms with van der Waals surface area (Å²) in [7, 11) is 1.52. The smallest absolute Gasteiger partial charge is 0.254 e. The number of hydrogen-bond donors (Lipinski definition) is 2. The second-order valence-corrected chi connectivity index (χ2v) is 5.96. The van der Waals surface area contributed by atoms with E-state index in [2.05, 4.69) is 5.32 Å². The molecular weight excluding hydrogens is 346 g/mol. The summed E-state index contributed by atoms with van der Waals surface area (Å²) in [6, 6.07) is 4.75. The van der Waals surface area contributed by atoms with Crippen LogP contribution < -0.4 is 15.8 Å². The van der Waals surface area contributed by atoms with E-state index in [1.54, 1.807) is 36.9 Å². The third kappa shape index (κ3) is 5.32. The van der Waals surface area contributed by atoms with Crippen molar-refractivity contribution in [2.75, 3.05) is 38.7 Å². The molecule has 0 radical (unpaired) electrons. The highest BCUT2D eigenvalue weighted by molar-refractivity contribution is 5.99. The van der Waals surface area contributed by atoms with Gasteiger partial charge < -0.3 is 25.4 Å². The van der Waals surface area contributed by atoms with Gasteiger partial charge in [0.15, 0.2) is 0 Å². The Morgan fingerprint density at radius 1 is 1.28 bits per heavy atom. The fourth-order valence-electron chi connectivity index (χ4n) is 2.37. The van der Waals surface area contributed by atoms with Crippen molar-refractivity contribution < 1.29 is 19.1 Å². The van der Waals surface area contributed by atoms with E-state index in [1.165, 1.54) is 7.11 Å². The molecule has 2 amide bonds. The van der Waals surface area contributed by atoms with E-state index < -0.39 is 0 Å². The largest absolute Gasteiger partial charge is 0.495 e. The van der Waals surface area contributed by atoms with E-state index in [4.69, 9.17) is 15.2 Å². The lowest BCUT2D eigenvalue weighted by molar-refractivity contribution is -0.119. The van der Waals surface area contributed by atoms with Gasteiger partial charge in [-0.2, -0.15) is 0 Å². The van der Waals surface area contributed by atoms with Crippen LogP contribution in [0.1, 0.15) is 24.2 Å². The first-order chi connectivity index (χ1) is 11.4. The van der Waals surface area contributed by atoms with Crippen molar-refractivity contribution in [1.29, 1.82) is 0 Å². The number of nitrogens with two attached hydrogens (primary N) is 1. The standard InChI is InChI=1S/C17H25N3O4.ClH/c1-11(12(2)18)16(21)19-14-10-13(4-5-15(14)23-3)17(22)20-6-8-24-9-7-20;/h4-5,10-12H,6-9,18H2,1-3H3,(H,19,21);1H. The zero-order valence-electron chi connectivity index (χ0n) is 14.8. The molecule has 2 atom stereocenters. The van der Waals surface area contributed by atoms with Gasteiger partial charge in [0.25, 0.3) is 5.91 Å². The maximum absolute atomic E-state index is 12.6. The lowest BCUT2D eigenvalue weighted by atomic mass is 10.0. The molecule has 1 aliphatic heterocycles. The summed E-state index contributed by atoms with van der Waals surface area (Å²) in [5.74, 6) is -0.150. The second-order valence-electron chi connectivity index (χ2n) is 5.96. The Kier molecular flexibility index (Phi) is 8.15. The highest BCUT2D eigenvalue weighted by atomic mass is 35.5. The van der Waals surface area contributed by atoms with E-state index in [0.717, 1.165) is 0 Å². The molecule has 1 fully saturated rings. The summed E-state index contributed by atoms with van der Waals surface area (Å²) in [6.45, 7) is 5.74. The number of amides is 2. The molecule has 0 bridgehead atoms. The monoisotopic (exact) mass is 371 g/mol. The molecule has 0 saturated carbocycles. The predicted octanol–water partition coefficient (Wildman–Crippen LogP) is 1.51. The van der Waals surface area contributed by atoms with Crippen molar-refractivity contribution in [1.82, 2.24) is 4.90 Å². The Labute approximate surface area is 154 Å². The Hall–Kier alpha value is -1.83. The number of hydrogen-bond acceptors (Lipinski definition) is 5. The summed E-state index contributed by atoms with van der Waals surface area (Å²) >= 11 is 0. The van der Waals surface area contributed by atoms with E-state index in [9.17, 15) is 9.59 Å². The topological polar surface area (TPSA) is 93.9 Å². The zero-order valence-corrected chi connectivity index (χ0v) is 15.6. The van der Waals surface area contributed by atoms with Crippen molar-refractivity contribution >= 4 is 29.9 Å². The number of morpholine rings is 1. The van der Waals surface area contributed by atoms with Gasteiger partial charge in [0, 0.05) is 24.7 Å². The van der Waals surface area contributed by atoms with Gasteiger partial charge in [0.05, 0.1) is 31.9 Å². The molecule has 1 heterocycles. The van der Waals surface area contributed by atoms with Crippen LogP contribution in [0.25, 0.3) is 0 Å². The van der Waals surface area contributed by atoms with Crippen molar-refractivity contribution in [3.8, 4) is 5.75 Å². The fraction of sp³-hybridized carbons (Fsp3) is 0.529. The average molecular weight is 372 g/mol. The van der Waals surface area contributed by atoms with Crippen LogP contribution in [-0.4, -0.2) is 56.2 Å². The van der Waals surface area contributed by atoms with Gasteiger partial charge in [-0.1, -0.05) is 6.92 Å². The molecule has 2 unspecified atom stereocenters. The summed E-state index contributed by atoms with van der Waals surface area (Å²) in [6.07, 6.45) is 0. The molecular formula is C17H26ClN3O4. The van der Waals surface area contributed by atoms with E-state index in [0.29, 0.717) is 43.3 Å². The van der Waals surface area contributed by atoms with Crippen LogP contribution in [-0.2, 0) is 9.53 Å². The molecule has 7 nitrogen and oxygen atoms in total. The molecule has 2 rings (SSSR count). The maximum atomic E-state index is 12.6. The van der Waals surface area contributed by atoms with E-state index in [1.807, 2.05) is 0 Å². The quantitative estimate of drug-likeness (QED) is 0.818. The molecule has 0 aliphatic carbocycles. The molecule has 1 aromatic carbocycles. The molecule has 25 heavy (non-hydrogen) atoms.